The number of carbonyl (C=O) groups is 1. The summed E-state index contributed by atoms with van der Waals surface area (Å²) < 4.78 is 11.4. The van der Waals surface area contributed by atoms with Crippen LogP contribution in [0.2, 0.25) is 5.02 Å². The van der Waals surface area contributed by atoms with Crippen LogP contribution in [0.5, 0.6) is 5.75 Å². The number of carbonyl (C=O) groups excluding carboxylic acids is 1. The van der Waals surface area contributed by atoms with Gasteiger partial charge in [-0.05, 0) is 66.4 Å². The first kappa shape index (κ1) is 29.2. The van der Waals surface area contributed by atoms with E-state index in [2.05, 4.69) is 15.2 Å². The third-order valence-corrected chi connectivity index (χ3v) is 7.74. The van der Waals surface area contributed by atoms with Crippen LogP contribution >= 0.6 is 11.6 Å². The van der Waals surface area contributed by atoms with E-state index in [9.17, 15) is 4.79 Å². The van der Waals surface area contributed by atoms with Gasteiger partial charge in [0.2, 0.25) is 5.95 Å². The summed E-state index contributed by atoms with van der Waals surface area (Å²) in [7, 11) is 0. The van der Waals surface area contributed by atoms with Gasteiger partial charge in [-0.3, -0.25) is 0 Å². The van der Waals surface area contributed by atoms with E-state index < -0.39 is 6.09 Å². The van der Waals surface area contributed by atoms with E-state index in [-0.39, 0.29) is 0 Å². The summed E-state index contributed by atoms with van der Waals surface area (Å²) >= 11 is 6.66. The number of morpholine rings is 1. The smallest absolute Gasteiger partial charge is 0.410 e. The fraction of sp³-hybridized carbons (Fsp3) is 0.171. The largest absolute Gasteiger partial charge is 0.425 e. The number of benzene rings is 4. The lowest BCUT2D eigenvalue weighted by Gasteiger charge is -2.29. The average molecular weight is 606 g/mol. The second-order valence-corrected chi connectivity index (χ2v) is 10.9. The molecule has 0 aliphatic carbocycles. The maximum atomic E-state index is 13.9. The third kappa shape index (κ3) is 6.51. The van der Waals surface area contributed by atoms with Crippen molar-refractivity contribution in [2.24, 2.45) is 0 Å². The van der Waals surface area contributed by atoms with Gasteiger partial charge in [0.05, 0.1) is 29.6 Å². The van der Waals surface area contributed by atoms with E-state index in [1.807, 2.05) is 92.7 Å². The zero-order chi connectivity index (χ0) is 30.5. The standard InChI is InChI=1S/C35H32ClN5O3/c1-24-7-6-8-25(2)33(24)41(35(42)44-29-14-11-27(12-15-29)26-9-4-3-5-10-26)32-17-18-37-34(39-32)38-28-13-16-31(30(36)23-28)40-19-21-43-22-20-40/h3-18,23H,19-22H2,1-2H3,(H,37,38,39). The normalized spacial score (nSPS) is 12.9. The van der Waals surface area contributed by atoms with Gasteiger partial charge in [0, 0.05) is 31.0 Å². The first-order chi connectivity index (χ1) is 21.5. The Kier molecular flexibility index (Phi) is 8.72. The highest BCUT2D eigenvalue weighted by molar-refractivity contribution is 6.33. The maximum absolute atomic E-state index is 13.9. The topological polar surface area (TPSA) is 79.8 Å². The van der Waals surface area contributed by atoms with Crippen LogP contribution in [0.3, 0.4) is 0 Å². The van der Waals surface area contributed by atoms with Gasteiger partial charge in [-0.25, -0.2) is 14.7 Å². The van der Waals surface area contributed by atoms with Crippen molar-refractivity contribution in [3.05, 3.63) is 119 Å². The number of aromatic nitrogens is 2. The van der Waals surface area contributed by atoms with Crippen molar-refractivity contribution in [1.29, 1.82) is 0 Å². The summed E-state index contributed by atoms with van der Waals surface area (Å²) in [6.45, 7) is 6.84. The summed E-state index contributed by atoms with van der Waals surface area (Å²) in [6, 6.07) is 30.8. The monoisotopic (exact) mass is 605 g/mol. The highest BCUT2D eigenvalue weighted by atomic mass is 35.5. The summed E-state index contributed by atoms with van der Waals surface area (Å²) in [5.74, 6) is 1.10. The van der Waals surface area contributed by atoms with Gasteiger partial charge in [-0.2, -0.15) is 4.98 Å². The second-order valence-electron chi connectivity index (χ2n) is 10.5. The van der Waals surface area contributed by atoms with E-state index in [1.165, 1.54) is 4.90 Å². The number of ether oxygens (including phenoxy) is 2. The van der Waals surface area contributed by atoms with Crippen LogP contribution in [-0.4, -0.2) is 42.4 Å². The van der Waals surface area contributed by atoms with Gasteiger partial charge >= 0.3 is 6.09 Å². The van der Waals surface area contributed by atoms with Crippen LogP contribution in [0, 0.1) is 13.8 Å². The summed E-state index contributed by atoms with van der Waals surface area (Å²) in [6.07, 6.45) is 1.02. The van der Waals surface area contributed by atoms with E-state index in [0.717, 1.165) is 46.7 Å². The number of amides is 1. The minimum Gasteiger partial charge on any atom is -0.410 e. The Morgan fingerprint density at radius 2 is 1.59 bits per heavy atom. The number of nitrogens with zero attached hydrogens (tertiary/aromatic N) is 4. The molecule has 0 bridgehead atoms. The fourth-order valence-electron chi connectivity index (χ4n) is 5.26. The van der Waals surface area contributed by atoms with E-state index in [4.69, 9.17) is 26.1 Å². The first-order valence-corrected chi connectivity index (χ1v) is 14.8. The SMILES string of the molecule is Cc1cccc(C)c1N(C(=O)Oc1ccc(-c2ccccc2)cc1)c1ccnc(Nc2ccc(N3CCOCC3)c(Cl)c2)n1. The maximum Gasteiger partial charge on any atom is 0.425 e. The van der Waals surface area contributed by atoms with Crippen LogP contribution in [0.25, 0.3) is 11.1 Å². The first-order valence-electron chi connectivity index (χ1n) is 14.4. The Bertz CT molecular complexity index is 1740. The van der Waals surface area contributed by atoms with Crippen LogP contribution in [0.15, 0.2) is 103 Å². The van der Waals surface area contributed by atoms with Crippen molar-refractivity contribution in [2.45, 2.75) is 13.8 Å². The van der Waals surface area contributed by atoms with Gasteiger partial charge in [0.25, 0.3) is 0 Å². The Hall–Kier alpha value is -4.92. The number of rotatable bonds is 7. The molecule has 1 amide bonds. The average Bonchev–Trinajstić information content (AvgIpc) is 3.04. The minimum absolute atomic E-state index is 0.314. The molecular formula is C35H32ClN5O3. The Balaban J connectivity index is 1.27. The van der Waals surface area contributed by atoms with Crippen molar-refractivity contribution in [3.8, 4) is 16.9 Å². The molecule has 1 aliphatic heterocycles. The lowest BCUT2D eigenvalue weighted by atomic mass is 10.1. The summed E-state index contributed by atoms with van der Waals surface area (Å²) in [5.41, 5.74) is 6.29. The minimum atomic E-state index is -0.586. The quantitative estimate of drug-likeness (QED) is 0.200. The molecule has 4 aromatic carbocycles. The van der Waals surface area contributed by atoms with Crippen molar-refractivity contribution in [3.63, 3.8) is 0 Å². The number of hydrogen-bond donors (Lipinski definition) is 1. The van der Waals surface area contributed by atoms with E-state index >= 15 is 0 Å². The highest BCUT2D eigenvalue weighted by Crippen LogP contribution is 2.34. The molecule has 1 aromatic heterocycles. The molecular weight excluding hydrogens is 574 g/mol. The number of para-hydroxylation sites is 1. The van der Waals surface area contributed by atoms with Crippen LogP contribution in [0.1, 0.15) is 11.1 Å². The Labute approximate surface area is 261 Å². The molecule has 9 heteroatoms. The number of hydrogen-bond acceptors (Lipinski definition) is 7. The molecule has 0 unspecified atom stereocenters. The molecule has 0 radical (unpaired) electrons. The van der Waals surface area contributed by atoms with Crippen molar-refractivity contribution in [1.82, 2.24) is 9.97 Å². The van der Waals surface area contributed by atoms with Crippen LogP contribution < -0.4 is 19.9 Å². The van der Waals surface area contributed by atoms with Gasteiger partial charge in [-0.1, -0.05) is 72.3 Å². The van der Waals surface area contributed by atoms with Gasteiger partial charge < -0.3 is 19.7 Å². The third-order valence-electron chi connectivity index (χ3n) is 7.44. The molecule has 5 aromatic rings. The number of anilines is 5. The molecule has 1 saturated heterocycles. The number of nitrogens with one attached hydrogen (secondary N) is 1. The molecule has 1 N–H and O–H groups in total. The molecule has 222 valence electrons. The molecule has 0 saturated carbocycles. The van der Waals surface area contributed by atoms with Gasteiger partial charge in [-0.15, -0.1) is 0 Å². The molecule has 1 aliphatic rings. The Morgan fingerprint density at radius 1 is 0.886 bits per heavy atom. The van der Waals surface area contributed by atoms with Crippen LogP contribution in [0.4, 0.5) is 33.6 Å². The molecule has 2 heterocycles. The van der Waals surface area contributed by atoms with Crippen LogP contribution in [-0.2, 0) is 4.74 Å². The Morgan fingerprint density at radius 3 is 2.30 bits per heavy atom. The summed E-state index contributed by atoms with van der Waals surface area (Å²) in [5, 5.41) is 3.85. The fourth-order valence-corrected chi connectivity index (χ4v) is 5.56. The van der Waals surface area contributed by atoms with Crippen molar-refractivity contribution >= 4 is 46.5 Å². The second kappa shape index (κ2) is 13.2. The molecule has 0 spiro atoms. The predicted octanol–water partition coefficient (Wildman–Crippen LogP) is 8.33. The van der Waals surface area contributed by atoms with Gasteiger partial charge in [0.1, 0.15) is 11.6 Å². The van der Waals surface area contributed by atoms with Crippen molar-refractivity contribution < 1.29 is 14.3 Å². The molecule has 0 atom stereocenters. The lowest BCUT2D eigenvalue weighted by molar-refractivity contribution is 0.122. The number of aryl methyl sites for hydroxylation is 2. The molecule has 44 heavy (non-hydrogen) atoms. The summed E-state index contributed by atoms with van der Waals surface area (Å²) in [4.78, 5) is 26.7. The highest BCUT2D eigenvalue weighted by Gasteiger charge is 2.25. The molecule has 6 rings (SSSR count). The van der Waals surface area contributed by atoms with Gasteiger partial charge in [0.15, 0.2) is 0 Å². The molecule has 1 fully saturated rings. The predicted molar refractivity (Wildman–Crippen MR) is 176 cm³/mol. The zero-order valence-electron chi connectivity index (χ0n) is 24.5. The molecule has 8 nitrogen and oxygen atoms in total. The zero-order valence-corrected chi connectivity index (χ0v) is 25.3. The number of halogens is 1. The van der Waals surface area contributed by atoms with E-state index in [0.29, 0.717) is 41.4 Å². The van der Waals surface area contributed by atoms with E-state index in [1.54, 1.807) is 24.4 Å². The van der Waals surface area contributed by atoms with Crippen molar-refractivity contribution in [2.75, 3.05) is 41.4 Å². The lowest BCUT2D eigenvalue weighted by Crippen LogP contribution is -2.36.